The van der Waals surface area contributed by atoms with Crippen molar-refractivity contribution in [3.63, 3.8) is 0 Å². The smallest absolute Gasteiger partial charge is 0.354 e. The van der Waals surface area contributed by atoms with Crippen molar-refractivity contribution >= 4 is 5.97 Å². The molecule has 0 atom stereocenters. The number of aromatic carboxylic acids is 1. The zero-order chi connectivity index (χ0) is 11.1. The van der Waals surface area contributed by atoms with Gasteiger partial charge in [0.1, 0.15) is 0 Å². The van der Waals surface area contributed by atoms with Crippen molar-refractivity contribution in [1.82, 2.24) is 4.98 Å². The molecule has 15 heavy (non-hydrogen) atoms. The van der Waals surface area contributed by atoms with Crippen LogP contribution in [-0.2, 0) is 0 Å². The monoisotopic (exact) mass is 211 g/mol. The van der Waals surface area contributed by atoms with Crippen LogP contribution < -0.4 is 4.74 Å². The van der Waals surface area contributed by atoms with Gasteiger partial charge < -0.3 is 14.9 Å². The van der Waals surface area contributed by atoms with Crippen LogP contribution >= 0.6 is 0 Å². The lowest BCUT2D eigenvalue weighted by Gasteiger charge is -2.04. The van der Waals surface area contributed by atoms with Gasteiger partial charge in [-0.25, -0.2) is 9.78 Å². The summed E-state index contributed by atoms with van der Waals surface area (Å²) in [5, 5.41) is 17.2. The summed E-state index contributed by atoms with van der Waals surface area (Å²) in [4.78, 5) is 14.4. The highest BCUT2D eigenvalue weighted by atomic mass is 16.5. The second-order valence-corrected chi connectivity index (χ2v) is 2.95. The van der Waals surface area contributed by atoms with Crippen molar-refractivity contribution in [2.24, 2.45) is 0 Å². The minimum absolute atomic E-state index is 0.0327. The van der Waals surface area contributed by atoms with Crippen molar-refractivity contribution in [1.29, 1.82) is 0 Å². The fourth-order valence-electron chi connectivity index (χ4n) is 1.00. The molecule has 0 aliphatic carbocycles. The SMILES string of the molecule is O=C(O)c1cccc(OCCCCO)n1. The molecule has 0 aromatic carbocycles. The van der Waals surface area contributed by atoms with E-state index in [2.05, 4.69) is 4.98 Å². The van der Waals surface area contributed by atoms with Gasteiger partial charge in [0.2, 0.25) is 5.88 Å². The largest absolute Gasteiger partial charge is 0.478 e. The lowest BCUT2D eigenvalue weighted by molar-refractivity contribution is 0.0689. The maximum Gasteiger partial charge on any atom is 0.354 e. The second kappa shape index (κ2) is 5.98. The van der Waals surface area contributed by atoms with Crippen LogP contribution in [0.15, 0.2) is 18.2 Å². The normalized spacial score (nSPS) is 9.93. The fourth-order valence-corrected chi connectivity index (χ4v) is 1.00. The molecule has 1 aromatic rings. The van der Waals surface area contributed by atoms with Gasteiger partial charge in [-0.1, -0.05) is 6.07 Å². The molecule has 1 rings (SSSR count). The van der Waals surface area contributed by atoms with Crippen molar-refractivity contribution < 1.29 is 19.7 Å². The molecule has 0 saturated carbocycles. The average Bonchev–Trinajstić information content (AvgIpc) is 2.25. The van der Waals surface area contributed by atoms with Crippen LogP contribution in [0.2, 0.25) is 0 Å². The number of pyridine rings is 1. The first-order valence-electron chi connectivity index (χ1n) is 4.68. The van der Waals surface area contributed by atoms with E-state index < -0.39 is 5.97 Å². The molecule has 1 heterocycles. The van der Waals surface area contributed by atoms with Crippen LogP contribution in [-0.4, -0.2) is 34.4 Å². The van der Waals surface area contributed by atoms with Crippen LogP contribution in [0.1, 0.15) is 23.3 Å². The van der Waals surface area contributed by atoms with Crippen molar-refractivity contribution in [3.8, 4) is 5.88 Å². The van der Waals surface area contributed by atoms with E-state index in [9.17, 15) is 4.79 Å². The van der Waals surface area contributed by atoms with E-state index >= 15 is 0 Å². The van der Waals surface area contributed by atoms with Crippen LogP contribution in [0.25, 0.3) is 0 Å². The second-order valence-electron chi connectivity index (χ2n) is 2.95. The molecule has 2 N–H and O–H groups in total. The molecule has 0 fully saturated rings. The van der Waals surface area contributed by atoms with E-state index in [0.717, 1.165) is 6.42 Å². The molecule has 5 heteroatoms. The minimum atomic E-state index is -1.07. The van der Waals surface area contributed by atoms with Crippen LogP contribution in [0.3, 0.4) is 0 Å². The third-order valence-corrected chi connectivity index (χ3v) is 1.75. The highest BCUT2D eigenvalue weighted by Gasteiger charge is 2.05. The van der Waals surface area contributed by atoms with E-state index in [4.69, 9.17) is 14.9 Å². The lowest BCUT2D eigenvalue weighted by Crippen LogP contribution is -2.04. The number of nitrogens with zero attached hydrogens (tertiary/aromatic N) is 1. The number of ether oxygens (including phenoxy) is 1. The highest BCUT2D eigenvalue weighted by Crippen LogP contribution is 2.08. The minimum Gasteiger partial charge on any atom is -0.478 e. The van der Waals surface area contributed by atoms with Crippen molar-refractivity contribution in [2.75, 3.05) is 13.2 Å². The number of unbranched alkanes of at least 4 members (excludes halogenated alkanes) is 1. The lowest BCUT2D eigenvalue weighted by atomic mass is 10.3. The van der Waals surface area contributed by atoms with E-state index in [1.807, 2.05) is 0 Å². The Morgan fingerprint density at radius 3 is 2.87 bits per heavy atom. The van der Waals surface area contributed by atoms with E-state index in [1.54, 1.807) is 12.1 Å². The topological polar surface area (TPSA) is 79.7 Å². The number of aliphatic hydroxyl groups excluding tert-OH is 1. The molecule has 0 amide bonds. The first kappa shape index (κ1) is 11.5. The third-order valence-electron chi connectivity index (χ3n) is 1.75. The van der Waals surface area contributed by atoms with Gasteiger partial charge in [-0.2, -0.15) is 0 Å². The zero-order valence-electron chi connectivity index (χ0n) is 8.22. The predicted molar refractivity (Wildman–Crippen MR) is 53.0 cm³/mol. The Morgan fingerprint density at radius 1 is 1.40 bits per heavy atom. The molecule has 1 aromatic heterocycles. The molecular weight excluding hydrogens is 198 g/mol. The number of aromatic nitrogens is 1. The molecule has 0 unspecified atom stereocenters. The summed E-state index contributed by atoms with van der Waals surface area (Å²) in [6, 6.07) is 4.59. The molecule has 0 aliphatic heterocycles. The summed E-state index contributed by atoms with van der Waals surface area (Å²) in [7, 11) is 0. The quantitative estimate of drug-likeness (QED) is 0.684. The zero-order valence-corrected chi connectivity index (χ0v) is 8.22. The Labute approximate surface area is 87.3 Å². The summed E-state index contributed by atoms with van der Waals surface area (Å²) >= 11 is 0. The van der Waals surface area contributed by atoms with E-state index in [1.165, 1.54) is 6.07 Å². The van der Waals surface area contributed by atoms with Gasteiger partial charge in [0, 0.05) is 12.7 Å². The van der Waals surface area contributed by atoms with Crippen LogP contribution in [0.5, 0.6) is 5.88 Å². The molecule has 0 radical (unpaired) electrons. The molecule has 5 nitrogen and oxygen atoms in total. The number of aliphatic hydroxyl groups is 1. The van der Waals surface area contributed by atoms with Crippen LogP contribution in [0.4, 0.5) is 0 Å². The van der Waals surface area contributed by atoms with Gasteiger partial charge in [0.15, 0.2) is 5.69 Å². The standard InChI is InChI=1S/C10H13NO4/c12-6-1-2-7-15-9-5-3-4-8(11-9)10(13)14/h3-5,12H,1-2,6-7H2,(H,13,14). The van der Waals surface area contributed by atoms with Gasteiger partial charge in [-0.3, -0.25) is 0 Å². The summed E-state index contributed by atoms with van der Waals surface area (Å²) in [6.07, 6.45) is 1.38. The van der Waals surface area contributed by atoms with Gasteiger partial charge in [-0.05, 0) is 18.9 Å². The number of hydrogen-bond donors (Lipinski definition) is 2. The van der Waals surface area contributed by atoms with Crippen molar-refractivity contribution in [3.05, 3.63) is 23.9 Å². The summed E-state index contributed by atoms with van der Waals surface area (Å²) in [5.41, 5.74) is -0.0327. The fraction of sp³-hybridized carbons (Fsp3) is 0.400. The maximum atomic E-state index is 10.6. The number of carboxylic acid groups (broad SMARTS) is 1. The van der Waals surface area contributed by atoms with E-state index in [-0.39, 0.29) is 12.3 Å². The summed E-state index contributed by atoms with van der Waals surface area (Å²) < 4.78 is 5.21. The molecule has 0 bridgehead atoms. The first-order valence-corrected chi connectivity index (χ1v) is 4.68. The number of carboxylic acids is 1. The predicted octanol–water partition coefficient (Wildman–Crippen LogP) is 0.931. The van der Waals surface area contributed by atoms with Gasteiger partial charge in [0.05, 0.1) is 6.61 Å². The van der Waals surface area contributed by atoms with Crippen molar-refractivity contribution in [2.45, 2.75) is 12.8 Å². The number of hydrogen-bond acceptors (Lipinski definition) is 4. The Hall–Kier alpha value is -1.62. The maximum absolute atomic E-state index is 10.6. The summed E-state index contributed by atoms with van der Waals surface area (Å²) in [5.74, 6) is -0.774. The number of rotatable bonds is 6. The molecular formula is C10H13NO4. The van der Waals surface area contributed by atoms with Gasteiger partial charge in [-0.15, -0.1) is 0 Å². The average molecular weight is 211 g/mol. The summed E-state index contributed by atoms with van der Waals surface area (Å²) in [6.45, 7) is 0.558. The Kier molecular flexibility index (Phi) is 4.56. The van der Waals surface area contributed by atoms with E-state index in [0.29, 0.717) is 18.9 Å². The van der Waals surface area contributed by atoms with Gasteiger partial charge in [0.25, 0.3) is 0 Å². The molecule has 82 valence electrons. The Bertz CT molecular complexity index is 327. The first-order chi connectivity index (χ1) is 7.24. The molecule has 0 saturated heterocycles. The highest BCUT2D eigenvalue weighted by molar-refractivity contribution is 5.85. The Morgan fingerprint density at radius 2 is 2.20 bits per heavy atom. The van der Waals surface area contributed by atoms with Gasteiger partial charge >= 0.3 is 5.97 Å². The molecule has 0 aliphatic rings. The van der Waals surface area contributed by atoms with Crippen LogP contribution in [0, 0.1) is 0 Å². The molecule has 0 spiro atoms. The third kappa shape index (κ3) is 3.95. The number of carbonyl (C=O) groups is 1. The Balaban J connectivity index is 2.47.